The summed E-state index contributed by atoms with van der Waals surface area (Å²) in [6.45, 7) is 0. The van der Waals surface area contributed by atoms with Crippen LogP contribution in [-0.4, -0.2) is 7.11 Å². The lowest BCUT2D eigenvalue weighted by atomic mass is 10.2. The quantitative estimate of drug-likeness (QED) is 0.649. The largest absolute Gasteiger partial charge is 0.487 e. The molecule has 0 aliphatic heterocycles. The van der Waals surface area contributed by atoms with Gasteiger partial charge in [-0.25, -0.2) is 0 Å². The Kier molecular flexibility index (Phi) is 2.33. The van der Waals surface area contributed by atoms with E-state index in [-0.39, 0.29) is 0 Å². The number of rotatable bonds is 1. The van der Waals surface area contributed by atoms with Gasteiger partial charge in [0.1, 0.15) is 0 Å². The molecule has 2 rings (SSSR count). The molecule has 0 bridgehead atoms. The highest BCUT2D eigenvalue weighted by molar-refractivity contribution is 14.1. The van der Waals surface area contributed by atoms with Gasteiger partial charge < -0.3 is 10.5 Å². The Balaban J connectivity index is 2.76. The van der Waals surface area contributed by atoms with Gasteiger partial charge in [0.25, 0.3) is 0 Å². The Morgan fingerprint density at radius 2 is 2.23 bits per heavy atom. The van der Waals surface area contributed by atoms with Crippen LogP contribution < -0.4 is 10.5 Å². The number of hydrogen-bond acceptors (Lipinski definition) is 3. The SMILES string of the molecule is COc1cc2ccc(I)c(N)c2s1. The Bertz CT molecular complexity index is 452. The maximum atomic E-state index is 5.93. The number of ether oxygens (including phenoxy) is 1. The summed E-state index contributed by atoms with van der Waals surface area (Å²) in [5.41, 5.74) is 6.79. The first-order chi connectivity index (χ1) is 6.22. The second-order valence-corrected chi connectivity index (χ2v) is 4.83. The van der Waals surface area contributed by atoms with E-state index in [0.29, 0.717) is 0 Å². The van der Waals surface area contributed by atoms with Crippen molar-refractivity contribution in [2.45, 2.75) is 0 Å². The fraction of sp³-hybridized carbons (Fsp3) is 0.111. The zero-order valence-corrected chi connectivity index (χ0v) is 9.98. The van der Waals surface area contributed by atoms with Crippen LogP contribution in [0.2, 0.25) is 0 Å². The third-order valence-electron chi connectivity index (χ3n) is 1.85. The van der Waals surface area contributed by atoms with Crippen molar-refractivity contribution in [3.05, 3.63) is 21.8 Å². The summed E-state index contributed by atoms with van der Waals surface area (Å²) < 4.78 is 7.36. The zero-order chi connectivity index (χ0) is 9.42. The molecule has 1 aromatic carbocycles. The molecule has 0 amide bonds. The summed E-state index contributed by atoms with van der Waals surface area (Å²) in [7, 11) is 1.67. The Hall–Kier alpha value is -0.490. The van der Waals surface area contributed by atoms with Gasteiger partial charge in [-0.3, -0.25) is 0 Å². The van der Waals surface area contributed by atoms with Crippen LogP contribution in [-0.2, 0) is 0 Å². The molecular formula is C9H8INOS. The van der Waals surface area contributed by atoms with Crippen LogP contribution in [0.3, 0.4) is 0 Å². The molecular weight excluding hydrogens is 297 g/mol. The second-order valence-electron chi connectivity index (χ2n) is 2.65. The molecule has 0 radical (unpaired) electrons. The predicted octanol–water partition coefficient (Wildman–Crippen LogP) is 3.10. The van der Waals surface area contributed by atoms with E-state index >= 15 is 0 Å². The lowest BCUT2D eigenvalue weighted by molar-refractivity contribution is 0.427. The molecule has 13 heavy (non-hydrogen) atoms. The normalized spacial score (nSPS) is 10.6. The van der Waals surface area contributed by atoms with Crippen LogP contribution in [0.5, 0.6) is 5.06 Å². The van der Waals surface area contributed by atoms with Gasteiger partial charge in [-0.15, -0.1) is 0 Å². The first-order valence-corrected chi connectivity index (χ1v) is 5.63. The summed E-state index contributed by atoms with van der Waals surface area (Å²) in [5, 5.41) is 2.06. The van der Waals surface area contributed by atoms with Gasteiger partial charge in [-0.1, -0.05) is 17.4 Å². The van der Waals surface area contributed by atoms with E-state index in [9.17, 15) is 0 Å². The van der Waals surface area contributed by atoms with Gasteiger partial charge >= 0.3 is 0 Å². The summed E-state index contributed by atoms with van der Waals surface area (Å²) in [5.74, 6) is 0. The topological polar surface area (TPSA) is 35.2 Å². The molecule has 0 spiro atoms. The van der Waals surface area contributed by atoms with Crippen molar-refractivity contribution in [2.75, 3.05) is 12.8 Å². The van der Waals surface area contributed by atoms with Crippen LogP contribution in [0.1, 0.15) is 0 Å². The summed E-state index contributed by atoms with van der Waals surface area (Å²) in [4.78, 5) is 0. The third-order valence-corrected chi connectivity index (χ3v) is 3.94. The Morgan fingerprint density at radius 3 is 2.92 bits per heavy atom. The van der Waals surface area contributed by atoms with Crippen LogP contribution in [0.25, 0.3) is 10.1 Å². The van der Waals surface area contributed by atoms with E-state index in [4.69, 9.17) is 10.5 Å². The van der Waals surface area contributed by atoms with Crippen molar-refractivity contribution >= 4 is 49.7 Å². The molecule has 68 valence electrons. The molecule has 0 fully saturated rings. The zero-order valence-electron chi connectivity index (χ0n) is 7.00. The van der Waals surface area contributed by atoms with Gasteiger partial charge in [0.2, 0.25) is 0 Å². The molecule has 2 aromatic rings. The fourth-order valence-electron chi connectivity index (χ4n) is 1.18. The number of benzene rings is 1. The first kappa shape index (κ1) is 9.08. The van der Waals surface area contributed by atoms with Crippen molar-refractivity contribution in [3.8, 4) is 5.06 Å². The van der Waals surface area contributed by atoms with Crippen molar-refractivity contribution in [3.63, 3.8) is 0 Å². The Morgan fingerprint density at radius 1 is 1.46 bits per heavy atom. The number of fused-ring (bicyclic) bond motifs is 1. The number of methoxy groups -OCH3 is 1. The molecule has 0 aliphatic rings. The standard InChI is InChI=1S/C9H8INOS/c1-12-7-4-5-2-3-6(10)8(11)9(5)13-7/h2-4H,11H2,1H3. The number of nitrogens with two attached hydrogens (primary N) is 1. The van der Waals surface area contributed by atoms with E-state index in [2.05, 4.69) is 28.7 Å². The van der Waals surface area contributed by atoms with Crippen molar-refractivity contribution in [2.24, 2.45) is 0 Å². The van der Waals surface area contributed by atoms with Crippen LogP contribution in [0.15, 0.2) is 18.2 Å². The van der Waals surface area contributed by atoms with Gasteiger partial charge in [-0.05, 0) is 40.1 Å². The smallest absolute Gasteiger partial charge is 0.174 e. The summed E-state index contributed by atoms with van der Waals surface area (Å²) >= 11 is 3.82. The van der Waals surface area contributed by atoms with E-state index in [0.717, 1.165) is 24.4 Å². The summed E-state index contributed by atoms with van der Waals surface area (Å²) in [6.07, 6.45) is 0. The van der Waals surface area contributed by atoms with E-state index in [1.54, 1.807) is 18.4 Å². The van der Waals surface area contributed by atoms with E-state index in [1.165, 1.54) is 0 Å². The molecule has 4 heteroatoms. The van der Waals surface area contributed by atoms with Crippen LogP contribution in [0.4, 0.5) is 5.69 Å². The number of nitrogen functional groups attached to an aromatic ring is 1. The Labute approximate surface area is 93.8 Å². The van der Waals surface area contributed by atoms with Crippen LogP contribution in [0, 0.1) is 3.57 Å². The maximum Gasteiger partial charge on any atom is 0.174 e. The molecule has 0 saturated carbocycles. The molecule has 0 aliphatic carbocycles. The van der Waals surface area contributed by atoms with E-state index in [1.807, 2.05) is 12.1 Å². The minimum absolute atomic E-state index is 0.853. The molecule has 1 heterocycles. The number of hydrogen-bond donors (Lipinski definition) is 1. The monoisotopic (exact) mass is 305 g/mol. The molecule has 0 atom stereocenters. The van der Waals surface area contributed by atoms with Crippen molar-refractivity contribution in [1.82, 2.24) is 0 Å². The van der Waals surface area contributed by atoms with Gasteiger partial charge in [0.05, 0.1) is 17.5 Å². The van der Waals surface area contributed by atoms with Gasteiger partial charge in [0, 0.05) is 3.57 Å². The molecule has 1 aromatic heterocycles. The lowest BCUT2D eigenvalue weighted by Gasteiger charge is -1.97. The summed E-state index contributed by atoms with van der Waals surface area (Å²) in [6, 6.07) is 6.09. The lowest BCUT2D eigenvalue weighted by Crippen LogP contribution is -1.87. The minimum Gasteiger partial charge on any atom is -0.487 e. The number of thiophene rings is 1. The molecule has 0 saturated heterocycles. The minimum atomic E-state index is 0.853. The highest BCUT2D eigenvalue weighted by Gasteiger charge is 2.06. The third kappa shape index (κ3) is 1.48. The van der Waals surface area contributed by atoms with Gasteiger partial charge in [-0.2, -0.15) is 0 Å². The second kappa shape index (κ2) is 3.34. The average Bonchev–Trinajstić information content (AvgIpc) is 2.55. The van der Waals surface area contributed by atoms with Crippen molar-refractivity contribution < 1.29 is 4.74 Å². The predicted molar refractivity (Wildman–Crippen MR) is 65.5 cm³/mol. The van der Waals surface area contributed by atoms with Crippen molar-refractivity contribution in [1.29, 1.82) is 0 Å². The number of halogens is 1. The highest BCUT2D eigenvalue weighted by Crippen LogP contribution is 2.36. The maximum absolute atomic E-state index is 5.93. The molecule has 2 N–H and O–H groups in total. The molecule has 0 unspecified atom stereocenters. The van der Waals surface area contributed by atoms with Gasteiger partial charge in [0.15, 0.2) is 5.06 Å². The first-order valence-electron chi connectivity index (χ1n) is 3.74. The molecule has 2 nitrogen and oxygen atoms in total. The fourth-order valence-corrected chi connectivity index (χ4v) is 2.75. The average molecular weight is 305 g/mol. The number of anilines is 1. The van der Waals surface area contributed by atoms with Crippen LogP contribution >= 0.6 is 33.9 Å². The highest BCUT2D eigenvalue weighted by atomic mass is 127. The van der Waals surface area contributed by atoms with E-state index < -0.39 is 0 Å².